The minimum absolute atomic E-state index is 0.210. The van der Waals surface area contributed by atoms with E-state index in [0.717, 1.165) is 44.5 Å². The molecule has 1 heterocycles. The van der Waals surface area contributed by atoms with Crippen molar-refractivity contribution in [2.24, 2.45) is 5.73 Å². The standard InChI is InChI=1S/C16H26N4O/c1-3-18-16(15(17)21)9-8-12(10-16)20-11(2)19-13-6-4-5-7-14(13)20/h12,18H,3-10H2,1-2H3,(H2,17,21). The Balaban J connectivity index is 1.89. The fraction of sp³-hybridized carbons (Fsp3) is 0.750. The average molecular weight is 290 g/mol. The molecule has 1 aromatic heterocycles. The zero-order valence-electron chi connectivity index (χ0n) is 13.1. The van der Waals surface area contributed by atoms with Gasteiger partial charge in [0.15, 0.2) is 0 Å². The van der Waals surface area contributed by atoms with Crippen LogP contribution in [-0.2, 0) is 17.6 Å². The molecule has 0 aromatic carbocycles. The van der Waals surface area contributed by atoms with Crippen molar-refractivity contribution in [2.45, 2.75) is 70.4 Å². The van der Waals surface area contributed by atoms with Gasteiger partial charge in [0, 0.05) is 11.7 Å². The second-order valence-corrected chi connectivity index (χ2v) is 6.50. The van der Waals surface area contributed by atoms with Gasteiger partial charge in [-0.2, -0.15) is 0 Å². The Hall–Kier alpha value is -1.36. The molecule has 1 aromatic rings. The summed E-state index contributed by atoms with van der Waals surface area (Å²) in [7, 11) is 0. The minimum atomic E-state index is -0.530. The van der Waals surface area contributed by atoms with Crippen molar-refractivity contribution in [1.29, 1.82) is 0 Å². The molecular formula is C16H26N4O. The quantitative estimate of drug-likeness (QED) is 0.885. The zero-order valence-corrected chi connectivity index (χ0v) is 13.1. The van der Waals surface area contributed by atoms with Gasteiger partial charge < -0.3 is 15.6 Å². The summed E-state index contributed by atoms with van der Waals surface area (Å²) in [4.78, 5) is 16.7. The van der Waals surface area contributed by atoms with E-state index >= 15 is 0 Å². The Bertz CT molecular complexity index is 551. The number of aryl methyl sites for hydroxylation is 2. The van der Waals surface area contributed by atoms with E-state index in [1.54, 1.807) is 0 Å². The summed E-state index contributed by atoms with van der Waals surface area (Å²) >= 11 is 0. The third-order valence-corrected chi connectivity index (χ3v) is 5.19. The highest BCUT2D eigenvalue weighted by Crippen LogP contribution is 2.40. The number of hydrogen-bond acceptors (Lipinski definition) is 3. The monoisotopic (exact) mass is 290 g/mol. The van der Waals surface area contributed by atoms with Crippen LogP contribution in [0.2, 0.25) is 0 Å². The number of nitrogens with zero attached hydrogens (tertiary/aromatic N) is 2. The first-order valence-electron chi connectivity index (χ1n) is 8.19. The van der Waals surface area contributed by atoms with E-state index in [4.69, 9.17) is 10.7 Å². The summed E-state index contributed by atoms with van der Waals surface area (Å²) in [6.45, 7) is 4.90. The van der Waals surface area contributed by atoms with Crippen molar-refractivity contribution in [3.8, 4) is 0 Å². The van der Waals surface area contributed by atoms with E-state index in [1.807, 2.05) is 6.92 Å². The van der Waals surface area contributed by atoms with Crippen molar-refractivity contribution in [3.05, 3.63) is 17.2 Å². The van der Waals surface area contributed by atoms with Crippen LogP contribution in [0.1, 0.15) is 62.3 Å². The first kappa shape index (κ1) is 14.6. The third-order valence-electron chi connectivity index (χ3n) is 5.19. The summed E-state index contributed by atoms with van der Waals surface area (Å²) < 4.78 is 2.40. The maximum Gasteiger partial charge on any atom is 0.237 e. The van der Waals surface area contributed by atoms with E-state index in [9.17, 15) is 4.79 Å². The number of aromatic nitrogens is 2. The number of nitrogens with one attached hydrogen (secondary N) is 1. The molecule has 0 spiro atoms. The number of hydrogen-bond donors (Lipinski definition) is 2. The first-order valence-corrected chi connectivity index (χ1v) is 8.19. The minimum Gasteiger partial charge on any atom is -0.368 e. The van der Waals surface area contributed by atoms with Gasteiger partial charge in [-0.3, -0.25) is 4.79 Å². The van der Waals surface area contributed by atoms with E-state index in [2.05, 4.69) is 16.8 Å². The molecule has 2 aliphatic carbocycles. The largest absolute Gasteiger partial charge is 0.368 e. The molecule has 5 nitrogen and oxygen atoms in total. The highest BCUT2D eigenvalue weighted by atomic mass is 16.1. The van der Waals surface area contributed by atoms with Crippen LogP contribution in [0, 0.1) is 6.92 Å². The molecule has 2 atom stereocenters. The highest BCUT2D eigenvalue weighted by Gasteiger charge is 2.44. The molecule has 0 radical (unpaired) electrons. The highest BCUT2D eigenvalue weighted by molar-refractivity contribution is 5.85. The van der Waals surface area contributed by atoms with Crippen LogP contribution < -0.4 is 11.1 Å². The lowest BCUT2D eigenvalue weighted by atomic mass is 9.96. The van der Waals surface area contributed by atoms with Crippen LogP contribution in [0.3, 0.4) is 0 Å². The van der Waals surface area contributed by atoms with E-state index in [-0.39, 0.29) is 5.91 Å². The molecule has 2 aliphatic rings. The smallest absolute Gasteiger partial charge is 0.237 e. The second-order valence-electron chi connectivity index (χ2n) is 6.50. The number of amides is 1. The molecule has 21 heavy (non-hydrogen) atoms. The molecule has 0 bridgehead atoms. The summed E-state index contributed by atoms with van der Waals surface area (Å²) in [5.74, 6) is 0.891. The maximum absolute atomic E-state index is 11.9. The number of fused-ring (bicyclic) bond motifs is 1. The van der Waals surface area contributed by atoms with Crippen LogP contribution in [0.15, 0.2) is 0 Å². The molecular weight excluding hydrogens is 264 g/mol. The van der Waals surface area contributed by atoms with Gasteiger partial charge >= 0.3 is 0 Å². The Morgan fingerprint density at radius 1 is 1.48 bits per heavy atom. The fourth-order valence-electron chi connectivity index (χ4n) is 4.23. The van der Waals surface area contributed by atoms with Crippen LogP contribution in [0.5, 0.6) is 0 Å². The predicted molar refractivity (Wildman–Crippen MR) is 82.1 cm³/mol. The van der Waals surface area contributed by atoms with Crippen molar-refractivity contribution < 1.29 is 4.79 Å². The topological polar surface area (TPSA) is 72.9 Å². The van der Waals surface area contributed by atoms with Gasteiger partial charge in [0.05, 0.1) is 11.2 Å². The van der Waals surface area contributed by atoms with Gasteiger partial charge in [-0.05, 0) is 58.4 Å². The molecule has 0 aliphatic heterocycles. The average Bonchev–Trinajstić information content (AvgIpc) is 3.00. The van der Waals surface area contributed by atoms with Gasteiger partial charge in [-0.1, -0.05) is 6.92 Å². The molecule has 116 valence electrons. The molecule has 2 unspecified atom stereocenters. The van der Waals surface area contributed by atoms with Gasteiger partial charge in [0.1, 0.15) is 5.82 Å². The first-order chi connectivity index (χ1) is 10.1. The lowest BCUT2D eigenvalue weighted by Crippen LogP contribution is -2.53. The van der Waals surface area contributed by atoms with E-state index in [1.165, 1.54) is 24.2 Å². The van der Waals surface area contributed by atoms with Crippen molar-refractivity contribution >= 4 is 5.91 Å². The molecule has 1 amide bonds. The maximum atomic E-state index is 11.9. The second kappa shape index (κ2) is 5.44. The van der Waals surface area contributed by atoms with Crippen molar-refractivity contribution in [1.82, 2.24) is 14.9 Å². The van der Waals surface area contributed by atoms with Gasteiger partial charge in [0.2, 0.25) is 5.91 Å². The van der Waals surface area contributed by atoms with Crippen LogP contribution in [0.25, 0.3) is 0 Å². The zero-order chi connectivity index (χ0) is 15.0. The number of primary amides is 1. The van der Waals surface area contributed by atoms with E-state index < -0.39 is 5.54 Å². The van der Waals surface area contributed by atoms with Gasteiger partial charge in [-0.25, -0.2) is 4.98 Å². The Labute approximate surface area is 126 Å². The molecule has 1 fully saturated rings. The summed E-state index contributed by atoms with van der Waals surface area (Å²) in [6, 6.07) is 0.353. The SMILES string of the molecule is CCNC1(C(N)=O)CCC(n2c(C)nc3c2CCCC3)C1. The predicted octanol–water partition coefficient (Wildman–Crippen LogP) is 1.63. The van der Waals surface area contributed by atoms with Gasteiger partial charge in [0.25, 0.3) is 0 Å². The number of nitrogens with two attached hydrogens (primary N) is 1. The van der Waals surface area contributed by atoms with Crippen LogP contribution in [0.4, 0.5) is 0 Å². The van der Waals surface area contributed by atoms with Crippen molar-refractivity contribution in [3.63, 3.8) is 0 Å². The molecule has 3 rings (SSSR count). The summed E-state index contributed by atoms with van der Waals surface area (Å²) in [6.07, 6.45) is 7.34. The molecule has 0 saturated heterocycles. The van der Waals surface area contributed by atoms with Gasteiger partial charge in [-0.15, -0.1) is 0 Å². The Kier molecular flexibility index (Phi) is 3.78. The number of carbonyl (C=O) groups is 1. The normalized spacial score (nSPS) is 28.6. The molecule has 5 heteroatoms. The van der Waals surface area contributed by atoms with Crippen molar-refractivity contribution in [2.75, 3.05) is 6.54 Å². The lowest BCUT2D eigenvalue weighted by molar-refractivity contribution is -0.124. The molecule has 3 N–H and O–H groups in total. The Morgan fingerprint density at radius 3 is 2.95 bits per heavy atom. The Morgan fingerprint density at radius 2 is 2.24 bits per heavy atom. The molecule has 1 saturated carbocycles. The van der Waals surface area contributed by atoms with Crippen LogP contribution >= 0.6 is 0 Å². The number of carbonyl (C=O) groups excluding carboxylic acids is 1. The number of likely N-dealkylation sites (N-methyl/N-ethyl adjacent to an activating group) is 1. The fourth-order valence-corrected chi connectivity index (χ4v) is 4.23. The van der Waals surface area contributed by atoms with E-state index in [0.29, 0.717) is 6.04 Å². The lowest BCUT2D eigenvalue weighted by Gasteiger charge is -2.27. The third kappa shape index (κ3) is 2.37. The number of rotatable bonds is 4. The number of imidazole rings is 1. The van der Waals surface area contributed by atoms with Crippen LogP contribution in [-0.4, -0.2) is 27.5 Å². The summed E-state index contributed by atoms with van der Waals surface area (Å²) in [5.41, 5.74) is 7.83. The summed E-state index contributed by atoms with van der Waals surface area (Å²) in [5, 5.41) is 3.34.